The first-order valence-corrected chi connectivity index (χ1v) is 5.97. The summed E-state index contributed by atoms with van der Waals surface area (Å²) in [5.41, 5.74) is -0.240. The van der Waals surface area contributed by atoms with Gasteiger partial charge in [-0.05, 0) is 22.0 Å². The monoisotopic (exact) mass is 349 g/mol. The van der Waals surface area contributed by atoms with Crippen LogP contribution in [0, 0.1) is 11.6 Å². The van der Waals surface area contributed by atoms with Crippen LogP contribution in [0.2, 0.25) is 0 Å². The Hall–Kier alpha value is -1.96. The fraction of sp³-hybridized carbons (Fsp3) is 0.167. The molecule has 0 bridgehead atoms. The quantitative estimate of drug-likeness (QED) is 0.513. The molecule has 0 radical (unpaired) electrons. The average molecular weight is 350 g/mol. The summed E-state index contributed by atoms with van der Waals surface area (Å²) in [5, 5.41) is 2.46. The molecule has 20 heavy (non-hydrogen) atoms. The molecule has 0 heterocycles. The lowest BCUT2D eigenvalue weighted by Gasteiger charge is -2.11. The van der Waals surface area contributed by atoms with Gasteiger partial charge < -0.3 is 14.8 Å². The van der Waals surface area contributed by atoms with Gasteiger partial charge in [0.25, 0.3) is 0 Å². The number of rotatable bonds is 4. The molecule has 0 aliphatic carbocycles. The fourth-order valence-corrected chi connectivity index (χ4v) is 1.61. The standard InChI is InChI=1S/C12H10BrF2NO4/c1-19-11(17)5-10(12(18)20-2)16-9-4-8(15)7(14)3-6(9)13/h3-5,16H,1-2H3/b10-5+. The number of methoxy groups -OCH3 is 2. The van der Waals surface area contributed by atoms with Gasteiger partial charge in [-0.15, -0.1) is 0 Å². The van der Waals surface area contributed by atoms with E-state index in [0.29, 0.717) is 0 Å². The van der Waals surface area contributed by atoms with E-state index in [9.17, 15) is 18.4 Å². The van der Waals surface area contributed by atoms with Gasteiger partial charge in [0.1, 0.15) is 5.70 Å². The molecular weight excluding hydrogens is 340 g/mol. The molecule has 0 atom stereocenters. The maximum atomic E-state index is 13.2. The Kier molecular flexibility index (Phi) is 5.63. The summed E-state index contributed by atoms with van der Waals surface area (Å²) >= 11 is 3.00. The number of nitrogens with one attached hydrogen (secondary N) is 1. The van der Waals surface area contributed by atoms with Crippen LogP contribution in [-0.2, 0) is 19.1 Å². The number of hydrogen-bond acceptors (Lipinski definition) is 5. The summed E-state index contributed by atoms with van der Waals surface area (Å²) in [6, 6.07) is 1.71. The van der Waals surface area contributed by atoms with Crippen molar-refractivity contribution in [2.45, 2.75) is 0 Å². The van der Waals surface area contributed by atoms with E-state index in [1.54, 1.807) is 0 Å². The highest BCUT2D eigenvalue weighted by molar-refractivity contribution is 9.10. The van der Waals surface area contributed by atoms with Crippen LogP contribution in [0.1, 0.15) is 0 Å². The molecule has 0 fully saturated rings. The van der Waals surface area contributed by atoms with Crippen molar-refractivity contribution in [2.24, 2.45) is 0 Å². The molecular formula is C12H10BrF2NO4. The van der Waals surface area contributed by atoms with Crippen molar-refractivity contribution in [1.82, 2.24) is 0 Å². The van der Waals surface area contributed by atoms with E-state index in [4.69, 9.17) is 0 Å². The third-order valence-corrected chi connectivity index (χ3v) is 2.80. The van der Waals surface area contributed by atoms with Crippen LogP contribution in [0.5, 0.6) is 0 Å². The average Bonchev–Trinajstić information content (AvgIpc) is 2.42. The first-order chi connectivity index (χ1) is 9.38. The van der Waals surface area contributed by atoms with E-state index in [-0.39, 0.29) is 15.9 Å². The molecule has 108 valence electrons. The first kappa shape index (κ1) is 16.1. The second-order valence-electron chi connectivity index (χ2n) is 3.44. The highest BCUT2D eigenvalue weighted by atomic mass is 79.9. The van der Waals surface area contributed by atoms with Crippen LogP contribution in [0.25, 0.3) is 0 Å². The Balaban J connectivity index is 3.14. The second kappa shape index (κ2) is 6.99. The van der Waals surface area contributed by atoms with Crippen molar-refractivity contribution < 1.29 is 27.8 Å². The molecule has 0 aliphatic rings. The number of ether oxygens (including phenoxy) is 2. The Morgan fingerprint density at radius 1 is 1.20 bits per heavy atom. The van der Waals surface area contributed by atoms with Gasteiger partial charge in [0.15, 0.2) is 11.6 Å². The van der Waals surface area contributed by atoms with Crippen molar-refractivity contribution >= 4 is 33.6 Å². The predicted molar refractivity (Wildman–Crippen MR) is 69.8 cm³/mol. The van der Waals surface area contributed by atoms with E-state index in [1.807, 2.05) is 0 Å². The number of carbonyl (C=O) groups is 2. The minimum atomic E-state index is -1.11. The van der Waals surface area contributed by atoms with E-state index in [0.717, 1.165) is 32.4 Å². The van der Waals surface area contributed by atoms with Gasteiger partial charge in [-0.1, -0.05) is 0 Å². The van der Waals surface area contributed by atoms with E-state index in [2.05, 4.69) is 30.7 Å². The summed E-state index contributed by atoms with van der Waals surface area (Å²) < 4.78 is 35.1. The van der Waals surface area contributed by atoms with Gasteiger partial charge in [0.2, 0.25) is 0 Å². The lowest BCUT2D eigenvalue weighted by Crippen LogP contribution is -2.16. The molecule has 0 aromatic heterocycles. The van der Waals surface area contributed by atoms with Crippen molar-refractivity contribution in [2.75, 3.05) is 19.5 Å². The Labute approximate surface area is 121 Å². The summed E-state index contributed by atoms with van der Waals surface area (Å²) in [4.78, 5) is 22.6. The predicted octanol–water partition coefficient (Wildman–Crippen LogP) is 2.37. The van der Waals surface area contributed by atoms with Crippen LogP contribution in [0.3, 0.4) is 0 Å². The molecule has 0 unspecified atom stereocenters. The minimum absolute atomic E-state index is 0.0458. The second-order valence-corrected chi connectivity index (χ2v) is 4.30. The number of anilines is 1. The summed E-state index contributed by atoms with van der Waals surface area (Å²) in [6.07, 6.45) is 0.833. The molecule has 0 spiro atoms. The first-order valence-electron chi connectivity index (χ1n) is 5.18. The number of halogens is 3. The van der Waals surface area contributed by atoms with Crippen LogP contribution < -0.4 is 5.32 Å². The van der Waals surface area contributed by atoms with E-state index < -0.39 is 23.6 Å². The van der Waals surface area contributed by atoms with Crippen molar-refractivity contribution in [3.8, 4) is 0 Å². The van der Waals surface area contributed by atoms with Crippen LogP contribution in [-0.4, -0.2) is 26.2 Å². The number of hydrogen-bond donors (Lipinski definition) is 1. The summed E-state index contributed by atoms with van der Waals surface area (Å²) in [6.45, 7) is 0. The molecule has 0 amide bonds. The zero-order valence-corrected chi connectivity index (χ0v) is 12.1. The SMILES string of the molecule is COC(=O)/C=C(/Nc1cc(F)c(F)cc1Br)C(=O)OC. The Bertz CT molecular complexity index is 575. The molecule has 5 nitrogen and oxygen atoms in total. The maximum absolute atomic E-state index is 13.2. The van der Waals surface area contributed by atoms with Gasteiger partial charge in [-0.25, -0.2) is 18.4 Å². The largest absolute Gasteiger partial charge is 0.466 e. The number of carbonyl (C=O) groups excluding carboxylic acids is 2. The summed E-state index contributed by atoms with van der Waals surface area (Å²) in [5.74, 6) is -3.85. The summed E-state index contributed by atoms with van der Waals surface area (Å²) in [7, 11) is 2.23. The van der Waals surface area contributed by atoms with Crippen molar-refractivity contribution in [1.29, 1.82) is 0 Å². The molecule has 0 saturated heterocycles. The van der Waals surface area contributed by atoms with Gasteiger partial charge in [0, 0.05) is 10.5 Å². The topological polar surface area (TPSA) is 64.6 Å². The van der Waals surface area contributed by atoms with E-state index >= 15 is 0 Å². The number of esters is 2. The fourth-order valence-electron chi connectivity index (χ4n) is 1.20. The Morgan fingerprint density at radius 3 is 2.35 bits per heavy atom. The maximum Gasteiger partial charge on any atom is 0.354 e. The van der Waals surface area contributed by atoms with Gasteiger partial charge >= 0.3 is 11.9 Å². The van der Waals surface area contributed by atoms with Crippen LogP contribution in [0.15, 0.2) is 28.4 Å². The zero-order valence-electron chi connectivity index (χ0n) is 10.5. The van der Waals surface area contributed by atoms with Crippen molar-refractivity contribution in [3.63, 3.8) is 0 Å². The van der Waals surface area contributed by atoms with Gasteiger partial charge in [-0.2, -0.15) is 0 Å². The normalized spacial score (nSPS) is 10.9. The highest BCUT2D eigenvalue weighted by Gasteiger charge is 2.16. The van der Waals surface area contributed by atoms with Gasteiger partial charge in [0.05, 0.1) is 26.0 Å². The zero-order chi connectivity index (χ0) is 15.3. The van der Waals surface area contributed by atoms with E-state index in [1.165, 1.54) is 0 Å². The molecule has 0 aliphatic heterocycles. The molecule has 1 rings (SSSR count). The molecule has 1 aromatic rings. The highest BCUT2D eigenvalue weighted by Crippen LogP contribution is 2.26. The molecule has 0 saturated carbocycles. The smallest absolute Gasteiger partial charge is 0.354 e. The minimum Gasteiger partial charge on any atom is -0.466 e. The molecule has 8 heteroatoms. The number of benzene rings is 1. The van der Waals surface area contributed by atoms with Crippen LogP contribution >= 0.6 is 15.9 Å². The lowest BCUT2D eigenvalue weighted by molar-refractivity contribution is -0.138. The Morgan fingerprint density at radius 2 is 1.80 bits per heavy atom. The van der Waals surface area contributed by atoms with Gasteiger partial charge in [-0.3, -0.25) is 0 Å². The van der Waals surface area contributed by atoms with Crippen LogP contribution in [0.4, 0.5) is 14.5 Å². The molecule has 1 N–H and O–H groups in total. The third kappa shape index (κ3) is 4.02. The lowest BCUT2D eigenvalue weighted by atomic mass is 10.2. The molecule has 1 aromatic carbocycles. The van der Waals surface area contributed by atoms with Crippen molar-refractivity contribution in [3.05, 3.63) is 40.0 Å². The third-order valence-electron chi connectivity index (χ3n) is 2.15.